The Bertz CT molecular complexity index is 428. The molecule has 23 heavy (non-hydrogen) atoms. The number of carbonyl (C=O) groups excluding carboxylic acids is 1. The summed E-state index contributed by atoms with van der Waals surface area (Å²) in [6.45, 7) is 11.1. The van der Waals surface area contributed by atoms with E-state index in [1.54, 1.807) is 0 Å². The summed E-state index contributed by atoms with van der Waals surface area (Å²) in [7, 11) is 0. The Morgan fingerprint density at radius 2 is 2.26 bits per heavy atom. The van der Waals surface area contributed by atoms with E-state index in [1.807, 2.05) is 25.7 Å². The number of hydrogen-bond acceptors (Lipinski definition) is 4. The van der Waals surface area contributed by atoms with Gasteiger partial charge >= 0.3 is 6.09 Å². The average Bonchev–Trinajstić information content (AvgIpc) is 2.52. The Hall–Kier alpha value is -1.07. The van der Waals surface area contributed by atoms with Gasteiger partial charge in [0.2, 0.25) is 0 Å². The molecule has 2 heterocycles. The lowest BCUT2D eigenvalue weighted by molar-refractivity contribution is 0.00568. The number of piperidine rings is 1. The molecule has 1 N–H and O–H groups in total. The van der Waals surface area contributed by atoms with E-state index in [0.717, 1.165) is 45.6 Å². The third-order valence-corrected chi connectivity index (χ3v) is 4.39. The van der Waals surface area contributed by atoms with Crippen molar-refractivity contribution >= 4 is 6.09 Å². The maximum atomic E-state index is 12.5. The molecule has 0 aromatic heterocycles. The Morgan fingerprint density at radius 1 is 1.48 bits per heavy atom. The SMILES string of the molecule is CC(NCC1=CCCOC1)[C@H]1CCCCN1C(=O)OC(C)(C)C. The first-order chi connectivity index (χ1) is 10.9. The quantitative estimate of drug-likeness (QED) is 0.807. The molecule has 1 unspecified atom stereocenters. The number of nitrogens with zero attached hydrogens (tertiary/aromatic N) is 1. The molecule has 5 heteroatoms. The number of hydrogen-bond donors (Lipinski definition) is 1. The predicted molar refractivity (Wildman–Crippen MR) is 91.6 cm³/mol. The Morgan fingerprint density at radius 3 is 2.91 bits per heavy atom. The van der Waals surface area contributed by atoms with E-state index in [-0.39, 0.29) is 18.2 Å². The zero-order valence-corrected chi connectivity index (χ0v) is 15.1. The molecule has 0 radical (unpaired) electrons. The number of rotatable bonds is 4. The van der Waals surface area contributed by atoms with Crippen molar-refractivity contribution in [2.45, 2.75) is 71.1 Å². The normalized spacial score (nSPS) is 24.1. The second kappa shape index (κ2) is 8.15. The van der Waals surface area contributed by atoms with Crippen LogP contribution in [-0.2, 0) is 9.47 Å². The van der Waals surface area contributed by atoms with Gasteiger partial charge in [0.15, 0.2) is 0 Å². The van der Waals surface area contributed by atoms with E-state index in [0.29, 0.717) is 0 Å². The van der Waals surface area contributed by atoms with Crippen molar-refractivity contribution in [2.75, 3.05) is 26.3 Å². The molecule has 2 atom stereocenters. The topological polar surface area (TPSA) is 50.8 Å². The van der Waals surface area contributed by atoms with Gasteiger partial charge in [-0.15, -0.1) is 0 Å². The van der Waals surface area contributed by atoms with Crippen LogP contribution in [0.15, 0.2) is 11.6 Å². The minimum absolute atomic E-state index is 0.184. The van der Waals surface area contributed by atoms with E-state index < -0.39 is 5.60 Å². The van der Waals surface area contributed by atoms with Gasteiger partial charge in [0.25, 0.3) is 0 Å². The maximum Gasteiger partial charge on any atom is 0.410 e. The van der Waals surface area contributed by atoms with Crippen LogP contribution in [0.1, 0.15) is 53.4 Å². The van der Waals surface area contributed by atoms with E-state index in [4.69, 9.17) is 9.47 Å². The third-order valence-electron chi connectivity index (χ3n) is 4.39. The second-order valence-electron chi connectivity index (χ2n) is 7.61. The van der Waals surface area contributed by atoms with Crippen molar-refractivity contribution in [1.29, 1.82) is 0 Å². The van der Waals surface area contributed by atoms with E-state index >= 15 is 0 Å². The molecule has 2 aliphatic rings. The Labute approximate surface area is 140 Å². The lowest BCUT2D eigenvalue weighted by Crippen LogP contribution is -2.54. The van der Waals surface area contributed by atoms with Gasteiger partial charge in [0.1, 0.15) is 5.60 Å². The Kier molecular flexibility index (Phi) is 6.48. The van der Waals surface area contributed by atoms with E-state index in [2.05, 4.69) is 18.3 Å². The van der Waals surface area contributed by atoms with Gasteiger partial charge < -0.3 is 19.7 Å². The molecule has 0 aromatic carbocycles. The molecular weight excluding hydrogens is 292 g/mol. The van der Waals surface area contributed by atoms with Crippen LogP contribution in [0.3, 0.4) is 0 Å². The minimum Gasteiger partial charge on any atom is -0.444 e. The van der Waals surface area contributed by atoms with Crippen molar-refractivity contribution in [3.8, 4) is 0 Å². The number of amides is 1. The highest BCUT2D eigenvalue weighted by Crippen LogP contribution is 2.22. The van der Waals surface area contributed by atoms with Crippen LogP contribution in [0.4, 0.5) is 4.79 Å². The van der Waals surface area contributed by atoms with Gasteiger partial charge in [-0.05, 0) is 59.0 Å². The van der Waals surface area contributed by atoms with E-state index in [9.17, 15) is 4.79 Å². The van der Waals surface area contributed by atoms with Crippen LogP contribution in [0.25, 0.3) is 0 Å². The van der Waals surface area contributed by atoms with Crippen LogP contribution in [0.2, 0.25) is 0 Å². The fourth-order valence-electron chi connectivity index (χ4n) is 3.18. The molecule has 5 nitrogen and oxygen atoms in total. The van der Waals surface area contributed by atoms with Crippen molar-refractivity contribution in [1.82, 2.24) is 10.2 Å². The average molecular weight is 324 g/mol. The van der Waals surface area contributed by atoms with Crippen molar-refractivity contribution in [2.24, 2.45) is 0 Å². The summed E-state index contributed by atoms with van der Waals surface area (Å²) in [5, 5.41) is 3.57. The molecule has 132 valence electrons. The van der Waals surface area contributed by atoms with Gasteiger partial charge in [0.05, 0.1) is 19.3 Å². The maximum absolute atomic E-state index is 12.5. The molecule has 2 aliphatic heterocycles. The van der Waals surface area contributed by atoms with Crippen molar-refractivity contribution in [3.05, 3.63) is 11.6 Å². The van der Waals surface area contributed by atoms with Crippen LogP contribution in [0.5, 0.6) is 0 Å². The monoisotopic (exact) mass is 324 g/mol. The van der Waals surface area contributed by atoms with Gasteiger partial charge in [-0.2, -0.15) is 0 Å². The van der Waals surface area contributed by atoms with Crippen molar-refractivity contribution in [3.63, 3.8) is 0 Å². The second-order valence-corrected chi connectivity index (χ2v) is 7.61. The molecule has 0 aromatic rings. The van der Waals surface area contributed by atoms with Gasteiger partial charge in [-0.25, -0.2) is 4.79 Å². The van der Waals surface area contributed by atoms with Gasteiger partial charge in [-0.3, -0.25) is 0 Å². The molecule has 2 rings (SSSR count). The molecule has 1 amide bonds. The molecular formula is C18H32N2O3. The summed E-state index contributed by atoms with van der Waals surface area (Å²) >= 11 is 0. The van der Waals surface area contributed by atoms with Crippen LogP contribution < -0.4 is 5.32 Å². The molecule has 0 aliphatic carbocycles. The highest BCUT2D eigenvalue weighted by Gasteiger charge is 2.33. The van der Waals surface area contributed by atoms with Crippen LogP contribution >= 0.6 is 0 Å². The molecule has 0 spiro atoms. The number of likely N-dealkylation sites (tertiary alicyclic amines) is 1. The third kappa shape index (κ3) is 5.81. The predicted octanol–water partition coefficient (Wildman–Crippen LogP) is 3.10. The zero-order chi connectivity index (χ0) is 16.9. The number of ether oxygens (including phenoxy) is 2. The van der Waals surface area contributed by atoms with Crippen LogP contribution in [0, 0.1) is 0 Å². The summed E-state index contributed by atoms with van der Waals surface area (Å²) in [4.78, 5) is 14.4. The first-order valence-corrected chi connectivity index (χ1v) is 8.85. The summed E-state index contributed by atoms with van der Waals surface area (Å²) in [6, 6.07) is 0.439. The first-order valence-electron chi connectivity index (χ1n) is 8.85. The standard InChI is InChI=1S/C18H32N2O3/c1-14(19-12-15-8-7-11-22-13-15)16-9-5-6-10-20(16)17(21)23-18(2,3)4/h8,14,16,19H,5-7,9-13H2,1-4H3/t14?,16-/m1/s1. The summed E-state index contributed by atoms with van der Waals surface area (Å²) in [5.41, 5.74) is 0.864. The minimum atomic E-state index is -0.444. The molecule has 1 fully saturated rings. The van der Waals surface area contributed by atoms with Gasteiger partial charge in [0, 0.05) is 19.1 Å². The molecule has 0 bridgehead atoms. The fourth-order valence-corrected chi connectivity index (χ4v) is 3.18. The lowest BCUT2D eigenvalue weighted by atomic mass is 9.96. The number of nitrogens with one attached hydrogen (secondary N) is 1. The molecule has 0 saturated carbocycles. The molecule has 1 saturated heterocycles. The van der Waals surface area contributed by atoms with E-state index in [1.165, 1.54) is 12.0 Å². The van der Waals surface area contributed by atoms with Gasteiger partial charge in [-0.1, -0.05) is 6.08 Å². The highest BCUT2D eigenvalue weighted by atomic mass is 16.6. The lowest BCUT2D eigenvalue weighted by Gasteiger charge is -2.40. The highest BCUT2D eigenvalue weighted by molar-refractivity contribution is 5.68. The largest absolute Gasteiger partial charge is 0.444 e. The Balaban J connectivity index is 1.91. The first kappa shape index (κ1) is 18.3. The van der Waals surface area contributed by atoms with Crippen LogP contribution in [-0.4, -0.2) is 55.0 Å². The zero-order valence-electron chi connectivity index (χ0n) is 15.1. The summed E-state index contributed by atoms with van der Waals surface area (Å²) in [5.74, 6) is 0. The smallest absolute Gasteiger partial charge is 0.410 e. The number of carbonyl (C=O) groups is 1. The van der Waals surface area contributed by atoms with Crippen molar-refractivity contribution < 1.29 is 14.3 Å². The fraction of sp³-hybridized carbons (Fsp3) is 0.833. The summed E-state index contributed by atoms with van der Waals surface area (Å²) in [6.07, 6.45) is 6.33. The summed E-state index contributed by atoms with van der Waals surface area (Å²) < 4.78 is 11.1.